The second kappa shape index (κ2) is 6.42. The Morgan fingerprint density at radius 2 is 1.57 bits per heavy atom. The highest BCUT2D eigenvalue weighted by Crippen LogP contribution is 2.23. The molecule has 3 rings (SSSR count). The van der Waals surface area contributed by atoms with E-state index in [4.69, 9.17) is 4.42 Å². The van der Waals surface area contributed by atoms with Crippen LogP contribution in [0.3, 0.4) is 0 Å². The Kier molecular flexibility index (Phi) is 4.17. The molecule has 2 nitrogen and oxygen atoms in total. The van der Waals surface area contributed by atoms with Crippen molar-refractivity contribution in [2.75, 3.05) is 7.05 Å². The van der Waals surface area contributed by atoms with E-state index in [1.807, 2.05) is 13.1 Å². The van der Waals surface area contributed by atoms with Crippen molar-refractivity contribution < 1.29 is 4.42 Å². The summed E-state index contributed by atoms with van der Waals surface area (Å²) in [5.41, 5.74) is 5.06. The highest BCUT2D eigenvalue weighted by atomic mass is 16.3. The Labute approximate surface area is 125 Å². The lowest BCUT2D eigenvalue weighted by atomic mass is 9.98. The van der Waals surface area contributed by atoms with Crippen molar-refractivity contribution in [1.29, 1.82) is 0 Å². The molecule has 0 amide bonds. The lowest BCUT2D eigenvalue weighted by Crippen LogP contribution is -2.16. The summed E-state index contributed by atoms with van der Waals surface area (Å²) in [6, 6.07) is 21.5. The van der Waals surface area contributed by atoms with Gasteiger partial charge >= 0.3 is 0 Å². The summed E-state index contributed by atoms with van der Waals surface area (Å²) >= 11 is 0. The van der Waals surface area contributed by atoms with E-state index in [0.29, 0.717) is 0 Å². The molecule has 0 bridgehead atoms. The standard InChI is InChI=1S/C19H19NO/c1-20-19(18-11-12-21-14-18)17-9-7-16(8-10-17)13-15-5-3-2-4-6-15/h2-12,14,19-20H,13H2,1H3. The summed E-state index contributed by atoms with van der Waals surface area (Å²) < 4.78 is 5.18. The summed E-state index contributed by atoms with van der Waals surface area (Å²) in [7, 11) is 1.97. The number of furan rings is 1. The molecule has 0 aliphatic carbocycles. The van der Waals surface area contributed by atoms with Gasteiger partial charge in [0.25, 0.3) is 0 Å². The van der Waals surface area contributed by atoms with Crippen LogP contribution in [-0.2, 0) is 6.42 Å². The fourth-order valence-electron chi connectivity index (χ4n) is 2.62. The molecular formula is C19H19NO. The highest BCUT2D eigenvalue weighted by Gasteiger charge is 2.12. The van der Waals surface area contributed by atoms with Crippen molar-refractivity contribution in [3.63, 3.8) is 0 Å². The van der Waals surface area contributed by atoms with Crippen LogP contribution in [0.4, 0.5) is 0 Å². The number of hydrogen-bond donors (Lipinski definition) is 1. The maximum atomic E-state index is 5.18. The van der Waals surface area contributed by atoms with Crippen LogP contribution in [-0.4, -0.2) is 7.05 Å². The first-order chi connectivity index (χ1) is 10.4. The Morgan fingerprint density at radius 1 is 0.857 bits per heavy atom. The predicted molar refractivity (Wildman–Crippen MR) is 85.3 cm³/mol. The summed E-state index contributed by atoms with van der Waals surface area (Å²) in [5, 5.41) is 3.33. The highest BCUT2D eigenvalue weighted by molar-refractivity contribution is 5.34. The molecule has 2 heteroatoms. The summed E-state index contributed by atoms with van der Waals surface area (Å²) in [6.07, 6.45) is 4.47. The summed E-state index contributed by atoms with van der Waals surface area (Å²) in [6.45, 7) is 0. The Bertz CT molecular complexity index is 657. The lowest BCUT2D eigenvalue weighted by molar-refractivity contribution is 0.557. The van der Waals surface area contributed by atoms with E-state index in [0.717, 1.165) is 12.0 Å². The molecule has 1 unspecified atom stereocenters. The monoisotopic (exact) mass is 277 g/mol. The number of rotatable bonds is 5. The van der Waals surface area contributed by atoms with Crippen LogP contribution < -0.4 is 5.32 Å². The second-order valence-corrected chi connectivity index (χ2v) is 5.18. The Hall–Kier alpha value is -2.32. The van der Waals surface area contributed by atoms with Crippen molar-refractivity contribution in [2.24, 2.45) is 0 Å². The van der Waals surface area contributed by atoms with Gasteiger partial charge in [-0.1, -0.05) is 54.6 Å². The first-order valence-electron chi connectivity index (χ1n) is 7.19. The van der Waals surface area contributed by atoms with E-state index in [1.54, 1.807) is 12.5 Å². The van der Waals surface area contributed by atoms with E-state index >= 15 is 0 Å². The first kappa shape index (κ1) is 13.7. The molecule has 1 atom stereocenters. The third-order valence-corrected chi connectivity index (χ3v) is 3.73. The topological polar surface area (TPSA) is 25.2 Å². The van der Waals surface area contributed by atoms with Gasteiger partial charge in [0, 0.05) is 5.56 Å². The molecule has 0 saturated carbocycles. The molecule has 2 aromatic carbocycles. The lowest BCUT2D eigenvalue weighted by Gasteiger charge is -2.15. The van der Waals surface area contributed by atoms with Crippen LogP contribution in [0.5, 0.6) is 0 Å². The molecule has 0 spiro atoms. The van der Waals surface area contributed by atoms with Gasteiger partial charge in [0.15, 0.2) is 0 Å². The van der Waals surface area contributed by atoms with Crippen molar-refractivity contribution >= 4 is 0 Å². The smallest absolute Gasteiger partial charge is 0.0953 e. The van der Waals surface area contributed by atoms with Gasteiger partial charge < -0.3 is 9.73 Å². The van der Waals surface area contributed by atoms with Crippen LogP contribution >= 0.6 is 0 Å². The third kappa shape index (κ3) is 3.23. The molecule has 1 heterocycles. The molecule has 1 N–H and O–H groups in total. The molecule has 0 saturated heterocycles. The number of benzene rings is 2. The SMILES string of the molecule is CNC(c1ccc(Cc2ccccc2)cc1)c1ccoc1. The van der Waals surface area contributed by atoms with E-state index in [9.17, 15) is 0 Å². The van der Waals surface area contributed by atoms with Crippen molar-refractivity contribution in [3.05, 3.63) is 95.4 Å². The van der Waals surface area contributed by atoms with E-state index in [-0.39, 0.29) is 6.04 Å². The van der Waals surface area contributed by atoms with Gasteiger partial charge in [0.1, 0.15) is 0 Å². The zero-order valence-electron chi connectivity index (χ0n) is 12.1. The van der Waals surface area contributed by atoms with Crippen LogP contribution in [0.15, 0.2) is 77.6 Å². The normalized spacial score (nSPS) is 12.2. The van der Waals surface area contributed by atoms with Crippen LogP contribution in [0.2, 0.25) is 0 Å². The van der Waals surface area contributed by atoms with E-state index in [1.165, 1.54) is 16.7 Å². The molecule has 1 aromatic heterocycles. The fraction of sp³-hybridized carbons (Fsp3) is 0.158. The van der Waals surface area contributed by atoms with E-state index in [2.05, 4.69) is 59.9 Å². The molecular weight excluding hydrogens is 258 g/mol. The van der Waals surface area contributed by atoms with Crippen molar-refractivity contribution in [2.45, 2.75) is 12.5 Å². The maximum absolute atomic E-state index is 5.18. The van der Waals surface area contributed by atoms with E-state index < -0.39 is 0 Å². The van der Waals surface area contributed by atoms with Crippen LogP contribution in [0.1, 0.15) is 28.3 Å². The molecule has 0 aliphatic rings. The van der Waals surface area contributed by atoms with Gasteiger partial charge in [0.2, 0.25) is 0 Å². The van der Waals surface area contributed by atoms with Gasteiger partial charge in [-0.15, -0.1) is 0 Å². The minimum atomic E-state index is 0.175. The zero-order valence-corrected chi connectivity index (χ0v) is 12.1. The van der Waals surface area contributed by atoms with Gasteiger partial charge in [-0.05, 0) is 36.2 Å². The average Bonchev–Trinajstić information content (AvgIpc) is 3.05. The molecule has 0 aliphatic heterocycles. The van der Waals surface area contributed by atoms with Gasteiger partial charge in [-0.3, -0.25) is 0 Å². The van der Waals surface area contributed by atoms with Gasteiger partial charge in [-0.2, -0.15) is 0 Å². The molecule has 0 radical (unpaired) electrons. The summed E-state index contributed by atoms with van der Waals surface area (Å²) in [5.74, 6) is 0. The van der Waals surface area contributed by atoms with Crippen molar-refractivity contribution in [3.8, 4) is 0 Å². The first-order valence-corrected chi connectivity index (χ1v) is 7.19. The molecule has 0 fully saturated rings. The predicted octanol–water partition coefficient (Wildman–Crippen LogP) is 4.18. The van der Waals surface area contributed by atoms with Gasteiger partial charge in [0.05, 0.1) is 18.6 Å². The average molecular weight is 277 g/mol. The van der Waals surface area contributed by atoms with Crippen LogP contribution in [0, 0.1) is 0 Å². The summed E-state index contributed by atoms with van der Waals surface area (Å²) in [4.78, 5) is 0. The zero-order chi connectivity index (χ0) is 14.5. The number of nitrogens with one attached hydrogen (secondary N) is 1. The van der Waals surface area contributed by atoms with Gasteiger partial charge in [-0.25, -0.2) is 0 Å². The molecule has 3 aromatic rings. The Morgan fingerprint density at radius 3 is 2.19 bits per heavy atom. The minimum absolute atomic E-state index is 0.175. The maximum Gasteiger partial charge on any atom is 0.0953 e. The van der Waals surface area contributed by atoms with Crippen molar-refractivity contribution in [1.82, 2.24) is 5.32 Å². The number of hydrogen-bond acceptors (Lipinski definition) is 2. The Balaban J connectivity index is 1.77. The minimum Gasteiger partial charge on any atom is -0.472 e. The quantitative estimate of drug-likeness (QED) is 0.757. The largest absolute Gasteiger partial charge is 0.472 e. The van der Waals surface area contributed by atoms with Crippen LogP contribution in [0.25, 0.3) is 0 Å². The fourth-order valence-corrected chi connectivity index (χ4v) is 2.62. The molecule has 21 heavy (non-hydrogen) atoms. The third-order valence-electron chi connectivity index (χ3n) is 3.73. The molecule has 106 valence electrons. The second-order valence-electron chi connectivity index (χ2n) is 5.18.